The van der Waals surface area contributed by atoms with Gasteiger partial charge in [0.2, 0.25) is 0 Å². The predicted molar refractivity (Wildman–Crippen MR) is 69.3 cm³/mol. The van der Waals surface area contributed by atoms with Gasteiger partial charge in [0.25, 0.3) is 10.0 Å². The Morgan fingerprint density at radius 3 is 2.76 bits per heavy atom. The Bertz CT molecular complexity index is 640. The van der Waals surface area contributed by atoms with Crippen molar-refractivity contribution < 1.29 is 8.42 Å². The summed E-state index contributed by atoms with van der Waals surface area (Å²) < 4.78 is 27.0. The van der Waals surface area contributed by atoms with E-state index in [1.165, 1.54) is 36.0 Å². The number of anilines is 2. The molecule has 0 saturated heterocycles. The molecule has 0 aliphatic carbocycles. The summed E-state index contributed by atoms with van der Waals surface area (Å²) in [4.78, 5) is 7.55. The molecule has 17 heavy (non-hydrogen) atoms. The van der Waals surface area contributed by atoms with Gasteiger partial charge in [-0.25, -0.2) is 13.4 Å². The third-order valence-electron chi connectivity index (χ3n) is 1.81. The van der Waals surface area contributed by atoms with Gasteiger partial charge in [-0.3, -0.25) is 9.71 Å². The van der Waals surface area contributed by atoms with Gasteiger partial charge in [0.1, 0.15) is 4.90 Å². The first-order chi connectivity index (χ1) is 7.99. The van der Waals surface area contributed by atoms with Gasteiger partial charge in [-0.1, -0.05) is 11.3 Å². The van der Waals surface area contributed by atoms with E-state index in [1.807, 2.05) is 0 Å². The fourth-order valence-electron chi connectivity index (χ4n) is 1.09. The van der Waals surface area contributed by atoms with Crippen molar-refractivity contribution in [1.29, 1.82) is 0 Å². The van der Waals surface area contributed by atoms with Crippen molar-refractivity contribution in [3.63, 3.8) is 0 Å². The molecule has 0 spiro atoms. The maximum atomic E-state index is 12.0. The molecule has 0 bridgehead atoms. The first-order valence-corrected chi connectivity index (χ1v) is 7.42. The number of nitrogen functional groups attached to an aromatic ring is 1. The Balaban J connectivity index is 2.35. The maximum Gasteiger partial charge on any atom is 0.267 e. The van der Waals surface area contributed by atoms with E-state index in [2.05, 4.69) is 30.6 Å². The fraction of sp³-hybridized carbons (Fsp3) is 0. The standard InChI is InChI=1S/C8H7BrN4O2S2/c9-7-4-12-8(16-7)13-17(14,15)6-3-11-2-1-5(6)10/h1-4H,(H2,10,11)(H,12,13). The summed E-state index contributed by atoms with van der Waals surface area (Å²) in [6, 6.07) is 1.42. The molecular weight excluding hydrogens is 328 g/mol. The molecule has 0 aliphatic heterocycles. The molecular formula is C8H7BrN4O2S2. The number of pyridine rings is 1. The average molecular weight is 335 g/mol. The molecule has 0 saturated carbocycles. The van der Waals surface area contributed by atoms with Crippen molar-refractivity contribution in [3.8, 4) is 0 Å². The average Bonchev–Trinajstić information content (AvgIpc) is 2.63. The molecule has 2 rings (SSSR count). The van der Waals surface area contributed by atoms with Crippen molar-refractivity contribution >= 4 is 48.1 Å². The van der Waals surface area contributed by atoms with Gasteiger partial charge in [0.15, 0.2) is 5.13 Å². The number of halogens is 1. The number of nitrogens with one attached hydrogen (secondary N) is 1. The van der Waals surface area contributed by atoms with Crippen LogP contribution in [-0.4, -0.2) is 18.4 Å². The zero-order valence-electron chi connectivity index (χ0n) is 8.29. The Kier molecular flexibility index (Phi) is 3.31. The van der Waals surface area contributed by atoms with E-state index < -0.39 is 10.0 Å². The molecule has 6 nitrogen and oxygen atoms in total. The summed E-state index contributed by atoms with van der Waals surface area (Å²) in [7, 11) is -3.74. The summed E-state index contributed by atoms with van der Waals surface area (Å²) in [5.41, 5.74) is 5.72. The van der Waals surface area contributed by atoms with E-state index in [9.17, 15) is 8.42 Å². The smallest absolute Gasteiger partial charge is 0.267 e. The third-order valence-corrected chi connectivity index (χ3v) is 4.71. The number of hydrogen-bond donors (Lipinski definition) is 2. The van der Waals surface area contributed by atoms with Crippen molar-refractivity contribution in [2.24, 2.45) is 0 Å². The molecule has 9 heteroatoms. The maximum absolute atomic E-state index is 12.0. The highest BCUT2D eigenvalue weighted by atomic mass is 79.9. The highest BCUT2D eigenvalue weighted by molar-refractivity contribution is 9.11. The number of aromatic nitrogens is 2. The Morgan fingerprint density at radius 2 is 2.18 bits per heavy atom. The lowest BCUT2D eigenvalue weighted by atomic mass is 10.4. The Morgan fingerprint density at radius 1 is 1.41 bits per heavy atom. The van der Waals surface area contributed by atoms with E-state index in [1.54, 1.807) is 0 Å². The molecule has 90 valence electrons. The minimum absolute atomic E-state index is 0.0636. The first-order valence-electron chi connectivity index (χ1n) is 4.33. The quantitative estimate of drug-likeness (QED) is 0.889. The Hall–Kier alpha value is -1.19. The van der Waals surface area contributed by atoms with Crippen molar-refractivity contribution in [3.05, 3.63) is 28.4 Å². The van der Waals surface area contributed by atoms with Crippen LogP contribution < -0.4 is 10.5 Å². The second kappa shape index (κ2) is 4.59. The number of nitrogens with zero attached hydrogens (tertiary/aromatic N) is 2. The molecule has 0 aromatic carbocycles. The van der Waals surface area contributed by atoms with Crippen molar-refractivity contribution in [1.82, 2.24) is 9.97 Å². The summed E-state index contributed by atoms with van der Waals surface area (Å²) in [5.74, 6) is 0. The monoisotopic (exact) mass is 334 g/mol. The molecule has 0 unspecified atom stereocenters. The van der Waals surface area contributed by atoms with Crippen molar-refractivity contribution in [2.45, 2.75) is 4.90 Å². The van der Waals surface area contributed by atoms with Crippen LogP contribution in [0.3, 0.4) is 0 Å². The van der Waals surface area contributed by atoms with Gasteiger partial charge < -0.3 is 5.73 Å². The van der Waals surface area contributed by atoms with E-state index in [0.717, 1.165) is 3.79 Å². The van der Waals surface area contributed by atoms with Gasteiger partial charge >= 0.3 is 0 Å². The summed E-state index contributed by atoms with van der Waals surface area (Å²) in [5, 5.41) is 0.264. The highest BCUT2D eigenvalue weighted by Gasteiger charge is 2.19. The minimum Gasteiger partial charge on any atom is -0.398 e. The summed E-state index contributed by atoms with van der Waals surface area (Å²) >= 11 is 4.36. The lowest BCUT2D eigenvalue weighted by Gasteiger charge is -2.06. The van der Waals surface area contributed by atoms with Crippen LogP contribution in [0.25, 0.3) is 0 Å². The molecule has 2 heterocycles. The molecule has 0 amide bonds. The van der Waals surface area contributed by atoms with Crippen LogP contribution in [-0.2, 0) is 10.0 Å². The largest absolute Gasteiger partial charge is 0.398 e. The lowest BCUT2D eigenvalue weighted by molar-refractivity contribution is 0.601. The molecule has 2 aromatic rings. The van der Waals surface area contributed by atoms with Crippen LogP contribution >= 0.6 is 27.3 Å². The zero-order valence-corrected chi connectivity index (χ0v) is 11.5. The van der Waals surface area contributed by atoms with Crippen LogP contribution in [0, 0.1) is 0 Å². The van der Waals surface area contributed by atoms with Gasteiger partial charge in [-0.05, 0) is 22.0 Å². The number of hydrogen-bond acceptors (Lipinski definition) is 6. The SMILES string of the molecule is Nc1ccncc1S(=O)(=O)Nc1ncc(Br)s1. The normalized spacial score (nSPS) is 11.4. The van der Waals surface area contributed by atoms with Crippen LogP contribution in [0.15, 0.2) is 33.3 Å². The number of nitrogens with two attached hydrogens (primary N) is 1. The number of rotatable bonds is 3. The molecule has 0 fully saturated rings. The van der Waals surface area contributed by atoms with Crippen LogP contribution in [0.5, 0.6) is 0 Å². The van der Waals surface area contributed by atoms with Crippen LogP contribution in [0.4, 0.5) is 10.8 Å². The molecule has 0 atom stereocenters. The molecule has 3 N–H and O–H groups in total. The minimum atomic E-state index is -3.74. The van der Waals surface area contributed by atoms with E-state index in [0.29, 0.717) is 0 Å². The fourth-order valence-corrected chi connectivity index (χ4v) is 3.51. The van der Waals surface area contributed by atoms with Gasteiger partial charge in [-0.15, -0.1) is 0 Å². The molecule has 0 radical (unpaired) electrons. The highest BCUT2D eigenvalue weighted by Crippen LogP contribution is 2.26. The number of sulfonamides is 1. The van der Waals surface area contributed by atoms with Crippen molar-refractivity contribution in [2.75, 3.05) is 10.5 Å². The van der Waals surface area contributed by atoms with Crippen LogP contribution in [0.2, 0.25) is 0 Å². The van der Waals surface area contributed by atoms with Gasteiger partial charge in [0.05, 0.1) is 15.7 Å². The topological polar surface area (TPSA) is 98.0 Å². The second-order valence-electron chi connectivity index (χ2n) is 2.99. The van der Waals surface area contributed by atoms with E-state index in [-0.39, 0.29) is 15.7 Å². The first kappa shape index (κ1) is 12.3. The summed E-state index contributed by atoms with van der Waals surface area (Å²) in [6.45, 7) is 0. The molecule has 2 aromatic heterocycles. The van der Waals surface area contributed by atoms with E-state index in [4.69, 9.17) is 5.73 Å². The molecule has 0 aliphatic rings. The van der Waals surface area contributed by atoms with Gasteiger partial charge in [-0.2, -0.15) is 0 Å². The van der Waals surface area contributed by atoms with Gasteiger partial charge in [0, 0.05) is 12.4 Å². The summed E-state index contributed by atoms with van der Waals surface area (Å²) in [6.07, 6.45) is 4.13. The number of thiazole rings is 1. The Labute approximate surface area is 110 Å². The van der Waals surface area contributed by atoms with Crippen LogP contribution in [0.1, 0.15) is 0 Å². The van der Waals surface area contributed by atoms with E-state index >= 15 is 0 Å². The predicted octanol–water partition coefficient (Wildman–Crippen LogP) is 1.68. The third kappa shape index (κ3) is 2.73. The lowest BCUT2D eigenvalue weighted by Crippen LogP contribution is -2.14. The second-order valence-corrected chi connectivity index (χ2v) is 7.05. The zero-order chi connectivity index (χ0) is 12.5.